The fourth-order valence-electron chi connectivity index (χ4n) is 5.77. The van der Waals surface area contributed by atoms with Gasteiger partial charge in [0.2, 0.25) is 0 Å². The normalized spacial score (nSPS) is 10.3. The van der Waals surface area contributed by atoms with Crippen molar-refractivity contribution < 1.29 is 0 Å². The second-order valence-corrected chi connectivity index (χ2v) is 11.5. The van der Waals surface area contributed by atoms with Crippen LogP contribution in [0.1, 0.15) is 33.4 Å². The van der Waals surface area contributed by atoms with Gasteiger partial charge in [-0.1, -0.05) is 96.2 Å². The second-order valence-electron chi connectivity index (χ2n) is 11.5. The van der Waals surface area contributed by atoms with E-state index in [0.717, 1.165) is 77.7 Å². The van der Waals surface area contributed by atoms with Crippen LogP contribution in [0.25, 0.3) is 44.3 Å². The third kappa shape index (κ3) is 6.45. The number of aromatic nitrogens is 4. The number of pyridine rings is 4. The first-order valence-corrected chi connectivity index (χ1v) is 16.1. The first-order valence-electron chi connectivity index (χ1n) is 16.1. The van der Waals surface area contributed by atoms with E-state index in [1.807, 2.05) is 84.9 Å². The minimum atomic E-state index is 0.796. The quantitative estimate of drug-likeness (QED) is 0.178. The molecule has 4 heteroatoms. The molecule has 8 rings (SSSR count). The molecule has 8 aromatic rings. The lowest BCUT2D eigenvalue weighted by Crippen LogP contribution is -1.88. The lowest BCUT2D eigenvalue weighted by molar-refractivity contribution is 1.24. The molecule has 0 aliphatic carbocycles. The smallest absolute Gasteiger partial charge is 0.0898 e. The van der Waals surface area contributed by atoms with Gasteiger partial charge in [0, 0.05) is 58.2 Å². The van der Waals surface area contributed by atoms with Crippen LogP contribution in [-0.2, 0) is 0 Å². The van der Waals surface area contributed by atoms with E-state index < -0.39 is 0 Å². The van der Waals surface area contributed by atoms with Gasteiger partial charge in [0.05, 0.1) is 22.8 Å². The maximum atomic E-state index is 4.47. The van der Waals surface area contributed by atoms with Gasteiger partial charge >= 0.3 is 0 Å². The molecule has 0 aliphatic heterocycles. The van der Waals surface area contributed by atoms with Crippen molar-refractivity contribution >= 4 is 21.5 Å². The first-order chi connectivity index (χ1) is 24.8. The second kappa shape index (κ2) is 13.8. The van der Waals surface area contributed by atoms with E-state index >= 15 is 0 Å². The van der Waals surface area contributed by atoms with Crippen molar-refractivity contribution in [1.82, 2.24) is 19.9 Å². The Morgan fingerprint density at radius 3 is 0.980 bits per heavy atom. The van der Waals surface area contributed by atoms with Gasteiger partial charge in [-0.15, -0.1) is 0 Å². The monoisotopic (exact) mass is 634 g/mol. The summed E-state index contributed by atoms with van der Waals surface area (Å²) in [5.74, 6) is 20.3. The van der Waals surface area contributed by atoms with Crippen LogP contribution in [0.3, 0.4) is 0 Å². The van der Waals surface area contributed by atoms with E-state index in [-0.39, 0.29) is 0 Å². The Hall–Kier alpha value is -7.32. The molecule has 230 valence electrons. The van der Waals surface area contributed by atoms with Crippen molar-refractivity contribution in [2.45, 2.75) is 0 Å². The molecule has 50 heavy (non-hydrogen) atoms. The van der Waals surface area contributed by atoms with E-state index in [2.05, 4.69) is 104 Å². The number of benzene rings is 4. The lowest BCUT2D eigenvalue weighted by Gasteiger charge is -2.05. The summed E-state index contributed by atoms with van der Waals surface area (Å²) in [4.78, 5) is 17.8. The van der Waals surface area contributed by atoms with Crippen molar-refractivity contribution in [3.05, 3.63) is 192 Å². The highest BCUT2D eigenvalue weighted by molar-refractivity contribution is 5.95. The number of hydrogen-bond donors (Lipinski definition) is 0. The molecular weight excluding hydrogens is 609 g/mol. The van der Waals surface area contributed by atoms with Gasteiger partial charge < -0.3 is 0 Å². The number of nitrogens with zero attached hydrogens (tertiary/aromatic N) is 4. The summed E-state index contributed by atoms with van der Waals surface area (Å²) in [6, 6.07) is 44.1. The predicted molar refractivity (Wildman–Crippen MR) is 201 cm³/mol. The molecule has 0 spiro atoms. The molecule has 0 saturated carbocycles. The van der Waals surface area contributed by atoms with Crippen molar-refractivity contribution in [1.29, 1.82) is 0 Å². The average molecular weight is 635 g/mol. The zero-order valence-electron chi connectivity index (χ0n) is 26.8. The summed E-state index contributed by atoms with van der Waals surface area (Å²) in [7, 11) is 0. The molecule has 0 atom stereocenters. The summed E-state index contributed by atoms with van der Waals surface area (Å²) in [5, 5.41) is 4.24. The Morgan fingerprint density at radius 2 is 0.620 bits per heavy atom. The van der Waals surface area contributed by atoms with Gasteiger partial charge in [0.1, 0.15) is 0 Å². The van der Waals surface area contributed by atoms with Gasteiger partial charge in [0.15, 0.2) is 0 Å². The molecule has 0 amide bonds. The molecule has 0 unspecified atom stereocenters. The summed E-state index contributed by atoms with van der Waals surface area (Å²) in [6.07, 6.45) is 7.08. The Labute approximate surface area is 290 Å². The fraction of sp³-hybridized carbons (Fsp3) is 0. The maximum Gasteiger partial charge on any atom is 0.0898 e. The highest BCUT2D eigenvalue weighted by atomic mass is 14.8. The first kappa shape index (κ1) is 30.0. The topological polar surface area (TPSA) is 51.6 Å². The van der Waals surface area contributed by atoms with Crippen LogP contribution in [0.5, 0.6) is 0 Å². The summed E-state index contributed by atoms with van der Waals surface area (Å²) >= 11 is 0. The zero-order chi connectivity index (χ0) is 33.5. The SMILES string of the molecule is C(#Cc1ccc(C#Cc2ccc(C#Cc3ccnc(-c4ccccn4)c3)c3ccccc23)c2ccccc12)c1ccnc(-c2ccccn2)c1. The van der Waals surface area contributed by atoms with Crippen LogP contribution in [-0.4, -0.2) is 19.9 Å². The van der Waals surface area contributed by atoms with E-state index in [4.69, 9.17) is 0 Å². The van der Waals surface area contributed by atoms with Crippen LogP contribution in [0.15, 0.2) is 158 Å². The van der Waals surface area contributed by atoms with Crippen molar-refractivity contribution in [3.8, 4) is 58.3 Å². The fourth-order valence-corrected chi connectivity index (χ4v) is 5.77. The molecule has 0 fully saturated rings. The van der Waals surface area contributed by atoms with Crippen molar-refractivity contribution in [2.75, 3.05) is 0 Å². The zero-order valence-corrected chi connectivity index (χ0v) is 26.8. The number of hydrogen-bond acceptors (Lipinski definition) is 4. The van der Waals surface area contributed by atoms with E-state index in [1.54, 1.807) is 24.8 Å². The summed E-state index contributed by atoms with van der Waals surface area (Å²) in [5.41, 5.74) is 8.76. The molecule has 0 radical (unpaired) electrons. The highest BCUT2D eigenvalue weighted by Crippen LogP contribution is 2.25. The molecule has 4 nitrogen and oxygen atoms in total. The van der Waals surface area contributed by atoms with Crippen LogP contribution in [0, 0.1) is 35.5 Å². The van der Waals surface area contributed by atoms with Crippen molar-refractivity contribution in [2.24, 2.45) is 0 Å². The average Bonchev–Trinajstić information content (AvgIpc) is 3.19. The Bertz CT molecular complexity index is 2530. The van der Waals surface area contributed by atoms with Crippen LogP contribution in [0.2, 0.25) is 0 Å². The molecular formula is C46H26N4. The summed E-state index contributed by atoms with van der Waals surface area (Å²) < 4.78 is 0. The van der Waals surface area contributed by atoms with E-state index in [1.165, 1.54) is 0 Å². The van der Waals surface area contributed by atoms with Gasteiger partial charge in [-0.2, -0.15) is 0 Å². The predicted octanol–water partition coefficient (Wildman–Crippen LogP) is 9.11. The Kier molecular flexibility index (Phi) is 8.30. The molecule has 0 saturated heterocycles. The number of rotatable bonds is 2. The third-order valence-electron chi connectivity index (χ3n) is 8.24. The highest BCUT2D eigenvalue weighted by Gasteiger charge is 2.06. The van der Waals surface area contributed by atoms with Crippen LogP contribution < -0.4 is 0 Å². The molecule has 0 bridgehead atoms. The van der Waals surface area contributed by atoms with E-state index in [0.29, 0.717) is 0 Å². The molecule has 4 aromatic heterocycles. The van der Waals surface area contributed by atoms with Gasteiger partial charge in [-0.05, 0) is 94.3 Å². The molecule has 0 aliphatic rings. The van der Waals surface area contributed by atoms with Gasteiger partial charge in [0.25, 0.3) is 0 Å². The Morgan fingerprint density at radius 1 is 0.280 bits per heavy atom. The van der Waals surface area contributed by atoms with Crippen LogP contribution in [0.4, 0.5) is 0 Å². The minimum absolute atomic E-state index is 0.796. The Balaban J connectivity index is 1.10. The molecule has 0 N–H and O–H groups in total. The maximum absolute atomic E-state index is 4.47. The molecule has 4 aromatic carbocycles. The lowest BCUT2D eigenvalue weighted by atomic mass is 9.97. The standard InChI is InChI=1S/C46H26N4/c1-3-11-41-37(21-19-35(39(41)9-1)17-15-33-25-29-49-45(31-33)43-13-5-7-27-47-43)23-24-38-22-20-36(40-10-2-4-12-42(38)40)18-16-34-26-30-50-46(32-34)44-14-6-8-28-48-44/h1-14,19-22,25-32H. The summed E-state index contributed by atoms with van der Waals surface area (Å²) in [6.45, 7) is 0. The van der Waals surface area contributed by atoms with Crippen LogP contribution >= 0.6 is 0 Å². The molecule has 4 heterocycles. The minimum Gasteiger partial charge on any atom is -0.255 e. The van der Waals surface area contributed by atoms with Gasteiger partial charge in [-0.25, -0.2) is 0 Å². The number of fused-ring (bicyclic) bond motifs is 2. The van der Waals surface area contributed by atoms with E-state index in [9.17, 15) is 0 Å². The third-order valence-corrected chi connectivity index (χ3v) is 8.24. The largest absolute Gasteiger partial charge is 0.255 e. The van der Waals surface area contributed by atoms with Crippen molar-refractivity contribution in [3.63, 3.8) is 0 Å². The van der Waals surface area contributed by atoms with Gasteiger partial charge in [-0.3, -0.25) is 19.9 Å².